The Morgan fingerprint density at radius 2 is 1.80 bits per heavy atom. The van der Waals surface area contributed by atoms with Gasteiger partial charge in [-0.1, -0.05) is 12.1 Å². The maximum absolute atomic E-state index is 6.20. The van der Waals surface area contributed by atoms with Gasteiger partial charge in [0.05, 0.1) is 18.5 Å². The van der Waals surface area contributed by atoms with E-state index in [1.807, 2.05) is 66.7 Å². The molecule has 124 valence electrons. The van der Waals surface area contributed by atoms with Gasteiger partial charge < -0.3 is 20.2 Å². The molecular formula is C20H17N3O2. The fourth-order valence-electron chi connectivity index (χ4n) is 2.64. The molecule has 4 rings (SSSR count). The summed E-state index contributed by atoms with van der Waals surface area (Å²) < 4.78 is 11.0. The van der Waals surface area contributed by atoms with Crippen LogP contribution in [-0.4, -0.2) is 12.1 Å². The normalized spacial score (nSPS) is 10.8. The van der Waals surface area contributed by atoms with Gasteiger partial charge in [-0.15, -0.1) is 0 Å². The molecule has 0 aliphatic rings. The van der Waals surface area contributed by atoms with Crippen LogP contribution in [0.15, 0.2) is 71.1 Å². The number of fused-ring (bicyclic) bond motifs is 1. The lowest BCUT2D eigenvalue weighted by Gasteiger charge is -2.10. The predicted molar refractivity (Wildman–Crippen MR) is 100 cm³/mol. The monoisotopic (exact) mass is 331 g/mol. The van der Waals surface area contributed by atoms with Crippen molar-refractivity contribution < 1.29 is 9.15 Å². The van der Waals surface area contributed by atoms with Crippen molar-refractivity contribution in [1.82, 2.24) is 4.98 Å². The number of methoxy groups -OCH3 is 1. The largest absolute Gasteiger partial charge is 0.497 e. The lowest BCUT2D eigenvalue weighted by atomic mass is 10.1. The Kier molecular flexibility index (Phi) is 3.74. The van der Waals surface area contributed by atoms with E-state index < -0.39 is 0 Å². The van der Waals surface area contributed by atoms with Crippen LogP contribution in [0.5, 0.6) is 5.75 Å². The molecule has 3 aromatic carbocycles. The Hall–Kier alpha value is -3.47. The van der Waals surface area contributed by atoms with Crippen LogP contribution < -0.4 is 15.8 Å². The molecule has 0 bridgehead atoms. The first-order valence-electron chi connectivity index (χ1n) is 7.89. The summed E-state index contributed by atoms with van der Waals surface area (Å²) in [7, 11) is 1.64. The van der Waals surface area contributed by atoms with Gasteiger partial charge in [-0.05, 0) is 54.6 Å². The number of anilines is 3. The average Bonchev–Trinajstić information content (AvgIpc) is 3.08. The van der Waals surface area contributed by atoms with E-state index in [0.29, 0.717) is 11.6 Å². The van der Waals surface area contributed by atoms with Gasteiger partial charge in [0, 0.05) is 11.3 Å². The number of benzene rings is 3. The minimum Gasteiger partial charge on any atom is -0.497 e. The number of para-hydroxylation sites is 2. The Morgan fingerprint density at radius 3 is 2.52 bits per heavy atom. The van der Waals surface area contributed by atoms with E-state index in [1.54, 1.807) is 7.11 Å². The van der Waals surface area contributed by atoms with Gasteiger partial charge in [-0.2, -0.15) is 0 Å². The summed E-state index contributed by atoms with van der Waals surface area (Å²) in [6.07, 6.45) is 0. The highest BCUT2D eigenvalue weighted by molar-refractivity contribution is 5.80. The molecular weight excluding hydrogens is 314 g/mol. The number of oxazole rings is 1. The SMILES string of the molecule is COc1ccc(Nc2ccc(-c3nc4ccccc4o3)cc2N)cc1. The number of nitrogen functional groups attached to an aromatic ring is 1. The predicted octanol–water partition coefficient (Wildman–Crippen LogP) is 4.83. The van der Waals surface area contributed by atoms with Gasteiger partial charge in [0.2, 0.25) is 5.89 Å². The number of aromatic nitrogens is 1. The molecule has 0 aliphatic carbocycles. The van der Waals surface area contributed by atoms with E-state index in [0.717, 1.165) is 33.8 Å². The highest BCUT2D eigenvalue weighted by atomic mass is 16.5. The molecule has 3 N–H and O–H groups in total. The summed E-state index contributed by atoms with van der Waals surface area (Å²) in [4.78, 5) is 4.50. The summed E-state index contributed by atoms with van der Waals surface area (Å²) in [6, 6.07) is 21.1. The number of hydrogen-bond acceptors (Lipinski definition) is 5. The second-order valence-corrected chi connectivity index (χ2v) is 5.64. The van der Waals surface area contributed by atoms with Crippen LogP contribution in [0.2, 0.25) is 0 Å². The van der Waals surface area contributed by atoms with Crippen molar-refractivity contribution in [2.24, 2.45) is 0 Å². The fourth-order valence-corrected chi connectivity index (χ4v) is 2.64. The minimum atomic E-state index is 0.559. The molecule has 0 spiro atoms. The molecule has 1 aromatic heterocycles. The number of nitrogens with zero attached hydrogens (tertiary/aromatic N) is 1. The first kappa shape index (κ1) is 15.1. The number of ether oxygens (including phenoxy) is 1. The molecule has 0 atom stereocenters. The van der Waals surface area contributed by atoms with Gasteiger partial charge >= 0.3 is 0 Å². The van der Waals surface area contributed by atoms with Crippen LogP contribution in [0.1, 0.15) is 0 Å². The van der Waals surface area contributed by atoms with E-state index in [9.17, 15) is 0 Å². The number of rotatable bonds is 4. The summed E-state index contributed by atoms with van der Waals surface area (Å²) in [5, 5.41) is 3.30. The molecule has 0 saturated carbocycles. The quantitative estimate of drug-likeness (QED) is 0.524. The van der Waals surface area contributed by atoms with Crippen molar-refractivity contribution in [3.05, 3.63) is 66.7 Å². The van der Waals surface area contributed by atoms with Gasteiger partial charge in [0.15, 0.2) is 5.58 Å². The molecule has 0 fully saturated rings. The van der Waals surface area contributed by atoms with Crippen molar-refractivity contribution in [1.29, 1.82) is 0 Å². The van der Waals surface area contributed by atoms with Crippen LogP contribution in [0.3, 0.4) is 0 Å². The Labute approximate surface area is 145 Å². The molecule has 0 radical (unpaired) electrons. The third-order valence-corrected chi connectivity index (χ3v) is 3.96. The van der Waals surface area contributed by atoms with Crippen molar-refractivity contribution in [2.75, 3.05) is 18.2 Å². The highest BCUT2D eigenvalue weighted by Crippen LogP contribution is 2.30. The Morgan fingerprint density at radius 1 is 1.00 bits per heavy atom. The topological polar surface area (TPSA) is 73.3 Å². The lowest BCUT2D eigenvalue weighted by molar-refractivity contribution is 0.415. The summed E-state index contributed by atoms with van der Waals surface area (Å²) in [5.74, 6) is 1.37. The standard InChI is InChI=1S/C20H17N3O2/c1-24-15-9-7-14(8-10-15)22-17-11-6-13(12-16(17)21)20-23-18-4-2-3-5-19(18)25-20/h2-12,22H,21H2,1H3. The molecule has 4 aromatic rings. The summed E-state index contributed by atoms with van der Waals surface area (Å²) in [6.45, 7) is 0. The maximum Gasteiger partial charge on any atom is 0.227 e. The van der Waals surface area contributed by atoms with Crippen LogP contribution in [0.4, 0.5) is 17.1 Å². The number of nitrogens with two attached hydrogens (primary N) is 1. The van der Waals surface area contributed by atoms with Gasteiger partial charge in [0.1, 0.15) is 11.3 Å². The van der Waals surface area contributed by atoms with Crippen LogP contribution in [0, 0.1) is 0 Å². The maximum atomic E-state index is 6.20. The Balaban J connectivity index is 1.61. The molecule has 5 heteroatoms. The molecule has 1 heterocycles. The third-order valence-electron chi connectivity index (χ3n) is 3.96. The highest BCUT2D eigenvalue weighted by Gasteiger charge is 2.10. The number of hydrogen-bond donors (Lipinski definition) is 2. The first-order chi connectivity index (χ1) is 12.2. The summed E-state index contributed by atoms with van der Waals surface area (Å²) in [5.41, 5.74) is 11.0. The first-order valence-corrected chi connectivity index (χ1v) is 7.89. The van der Waals surface area contributed by atoms with Crippen molar-refractivity contribution in [3.63, 3.8) is 0 Å². The van der Waals surface area contributed by atoms with Crippen LogP contribution in [0.25, 0.3) is 22.6 Å². The minimum absolute atomic E-state index is 0.559. The van der Waals surface area contributed by atoms with E-state index >= 15 is 0 Å². The second kappa shape index (κ2) is 6.20. The van der Waals surface area contributed by atoms with Crippen LogP contribution in [-0.2, 0) is 0 Å². The van der Waals surface area contributed by atoms with Crippen LogP contribution >= 0.6 is 0 Å². The lowest BCUT2D eigenvalue weighted by Crippen LogP contribution is -1.96. The molecule has 0 amide bonds. The molecule has 5 nitrogen and oxygen atoms in total. The number of nitrogens with one attached hydrogen (secondary N) is 1. The average molecular weight is 331 g/mol. The van der Waals surface area contributed by atoms with E-state index in [4.69, 9.17) is 14.9 Å². The van der Waals surface area contributed by atoms with Crippen molar-refractivity contribution >= 4 is 28.2 Å². The fraction of sp³-hybridized carbons (Fsp3) is 0.0500. The molecule has 25 heavy (non-hydrogen) atoms. The van der Waals surface area contributed by atoms with Gasteiger partial charge in [-0.25, -0.2) is 4.98 Å². The van der Waals surface area contributed by atoms with Gasteiger partial charge in [0.25, 0.3) is 0 Å². The van der Waals surface area contributed by atoms with E-state index in [1.165, 1.54) is 0 Å². The zero-order chi connectivity index (χ0) is 17.2. The molecule has 0 saturated heterocycles. The van der Waals surface area contributed by atoms with E-state index in [2.05, 4.69) is 10.3 Å². The second-order valence-electron chi connectivity index (χ2n) is 5.64. The summed E-state index contributed by atoms with van der Waals surface area (Å²) >= 11 is 0. The zero-order valence-corrected chi connectivity index (χ0v) is 13.7. The van der Waals surface area contributed by atoms with Gasteiger partial charge in [-0.3, -0.25) is 0 Å². The smallest absolute Gasteiger partial charge is 0.227 e. The molecule has 0 aliphatic heterocycles. The third kappa shape index (κ3) is 2.99. The Bertz CT molecular complexity index is 990. The zero-order valence-electron chi connectivity index (χ0n) is 13.7. The molecule has 0 unspecified atom stereocenters. The van der Waals surface area contributed by atoms with Crippen molar-refractivity contribution in [3.8, 4) is 17.2 Å². The van der Waals surface area contributed by atoms with Crippen molar-refractivity contribution in [2.45, 2.75) is 0 Å². The van der Waals surface area contributed by atoms with E-state index in [-0.39, 0.29) is 0 Å².